The van der Waals surface area contributed by atoms with E-state index in [1.807, 2.05) is 6.92 Å². The first kappa shape index (κ1) is 25.9. The van der Waals surface area contributed by atoms with Gasteiger partial charge in [0.25, 0.3) is 0 Å². The Labute approximate surface area is 172 Å². The van der Waals surface area contributed by atoms with Gasteiger partial charge in [0.2, 0.25) is 9.84 Å². The number of ether oxygens (including phenoxy) is 5. The van der Waals surface area contributed by atoms with Crippen LogP contribution in [-0.2, 0) is 33.5 Å². The Balaban J connectivity index is 2.08. The van der Waals surface area contributed by atoms with E-state index in [9.17, 15) is 13.5 Å². The van der Waals surface area contributed by atoms with Gasteiger partial charge in [-0.3, -0.25) is 0 Å². The summed E-state index contributed by atoms with van der Waals surface area (Å²) in [6, 6.07) is 6.38. The smallest absolute Gasteiger partial charge is 0.207 e. The first-order valence-electron chi connectivity index (χ1n) is 9.47. The number of rotatable bonds is 18. The zero-order valence-corrected chi connectivity index (χ0v) is 17.6. The molecule has 0 amide bonds. The van der Waals surface area contributed by atoms with E-state index >= 15 is 0 Å². The molecule has 1 unspecified atom stereocenters. The van der Waals surface area contributed by atoms with Gasteiger partial charge in [-0.2, -0.15) is 0 Å². The van der Waals surface area contributed by atoms with E-state index in [1.165, 1.54) is 12.1 Å². The van der Waals surface area contributed by atoms with Crippen LogP contribution in [0.2, 0.25) is 0 Å². The quantitative estimate of drug-likeness (QED) is 0.310. The van der Waals surface area contributed by atoms with Gasteiger partial charge in [0.15, 0.2) is 5.44 Å². The number of benzene rings is 1. The number of hydrogen-bond donors (Lipinski definition) is 2. The van der Waals surface area contributed by atoms with Crippen molar-refractivity contribution >= 4 is 9.84 Å². The number of aliphatic hydroxyl groups is 2. The molecule has 168 valence electrons. The van der Waals surface area contributed by atoms with Crippen molar-refractivity contribution in [3.63, 3.8) is 0 Å². The molecule has 0 radical (unpaired) electrons. The molecule has 2 N–H and O–H groups in total. The van der Waals surface area contributed by atoms with E-state index in [4.69, 9.17) is 28.8 Å². The summed E-state index contributed by atoms with van der Waals surface area (Å²) in [6.07, 6.45) is 0. The maximum absolute atomic E-state index is 12.5. The number of aryl methyl sites for hydroxylation is 1. The molecule has 0 aromatic heterocycles. The lowest BCUT2D eigenvalue weighted by atomic mass is 10.2. The van der Waals surface area contributed by atoms with Crippen molar-refractivity contribution in [3.8, 4) is 0 Å². The molecular weight excluding hydrogens is 404 g/mol. The Bertz CT molecular complexity index is 619. The predicted molar refractivity (Wildman–Crippen MR) is 106 cm³/mol. The normalized spacial score (nSPS) is 12.9. The maximum atomic E-state index is 12.5. The second-order valence-corrected chi connectivity index (χ2v) is 8.10. The highest BCUT2D eigenvalue weighted by Gasteiger charge is 2.27. The Hall–Kier alpha value is -1.11. The summed E-state index contributed by atoms with van der Waals surface area (Å²) in [5.41, 5.74) is -0.386. The van der Waals surface area contributed by atoms with Gasteiger partial charge in [0.1, 0.15) is 0 Å². The summed E-state index contributed by atoms with van der Waals surface area (Å²) in [6.45, 7) is 4.16. The second kappa shape index (κ2) is 15.7. The summed E-state index contributed by atoms with van der Waals surface area (Å²) in [4.78, 5) is 0.110. The zero-order valence-electron chi connectivity index (χ0n) is 16.8. The third-order valence-corrected chi connectivity index (χ3v) is 5.63. The van der Waals surface area contributed by atoms with Gasteiger partial charge < -0.3 is 33.9 Å². The molecule has 1 atom stereocenters. The van der Waals surface area contributed by atoms with Crippen LogP contribution in [0.4, 0.5) is 0 Å². The van der Waals surface area contributed by atoms with E-state index < -0.39 is 21.9 Å². The van der Waals surface area contributed by atoms with E-state index in [1.54, 1.807) is 12.1 Å². The van der Waals surface area contributed by atoms with Crippen molar-refractivity contribution in [2.75, 3.05) is 72.7 Å². The van der Waals surface area contributed by atoms with Crippen LogP contribution in [0.3, 0.4) is 0 Å². The third kappa shape index (κ3) is 11.0. The van der Waals surface area contributed by atoms with Crippen molar-refractivity contribution in [1.82, 2.24) is 0 Å². The molecule has 9 nitrogen and oxygen atoms in total. The van der Waals surface area contributed by atoms with E-state index in [-0.39, 0.29) is 24.7 Å². The lowest BCUT2D eigenvalue weighted by Crippen LogP contribution is -2.30. The highest BCUT2D eigenvalue weighted by Crippen LogP contribution is 2.17. The van der Waals surface area contributed by atoms with Gasteiger partial charge in [0.05, 0.1) is 77.6 Å². The first-order chi connectivity index (χ1) is 14.0. The minimum Gasteiger partial charge on any atom is -0.394 e. The lowest BCUT2D eigenvalue weighted by molar-refractivity contribution is -0.0193. The van der Waals surface area contributed by atoms with Crippen LogP contribution in [-0.4, -0.2) is 96.7 Å². The Kier molecular flexibility index (Phi) is 14.0. The lowest BCUT2D eigenvalue weighted by Gasteiger charge is -2.16. The average molecular weight is 437 g/mol. The number of hydrogen-bond acceptors (Lipinski definition) is 9. The fourth-order valence-corrected chi connectivity index (χ4v) is 3.48. The highest BCUT2D eigenvalue weighted by molar-refractivity contribution is 7.92. The molecule has 0 saturated heterocycles. The highest BCUT2D eigenvalue weighted by atomic mass is 32.2. The summed E-state index contributed by atoms with van der Waals surface area (Å²) >= 11 is 0. The standard InChI is InChI=1S/C19H32O9S/c1-17-2-4-18(5-3-17)29(22,23)19(16-21)28-15-14-27-13-12-26-11-10-25-9-8-24-7-6-20/h2-5,19-21H,6-16H2,1H3. The maximum Gasteiger partial charge on any atom is 0.207 e. The van der Waals surface area contributed by atoms with Gasteiger partial charge in [0, 0.05) is 0 Å². The summed E-state index contributed by atoms with van der Waals surface area (Å²) in [5.74, 6) is 0. The molecule has 0 fully saturated rings. The van der Waals surface area contributed by atoms with E-state index in [0.717, 1.165) is 5.56 Å². The molecule has 29 heavy (non-hydrogen) atoms. The van der Waals surface area contributed by atoms with Gasteiger partial charge in [-0.25, -0.2) is 8.42 Å². The molecular formula is C19H32O9S. The summed E-state index contributed by atoms with van der Waals surface area (Å²) < 4.78 is 51.2. The molecule has 1 rings (SSSR count). The topological polar surface area (TPSA) is 121 Å². The second-order valence-electron chi connectivity index (χ2n) is 6.01. The Morgan fingerprint density at radius 3 is 1.66 bits per heavy atom. The van der Waals surface area contributed by atoms with Crippen molar-refractivity contribution in [3.05, 3.63) is 29.8 Å². The molecule has 0 aliphatic heterocycles. The molecule has 1 aromatic rings. The van der Waals surface area contributed by atoms with Gasteiger partial charge in [-0.05, 0) is 19.1 Å². The molecule has 0 spiro atoms. The molecule has 0 heterocycles. The van der Waals surface area contributed by atoms with Crippen molar-refractivity contribution in [2.45, 2.75) is 17.3 Å². The Morgan fingerprint density at radius 2 is 1.21 bits per heavy atom. The largest absolute Gasteiger partial charge is 0.394 e. The van der Waals surface area contributed by atoms with Gasteiger partial charge in [-0.1, -0.05) is 17.7 Å². The predicted octanol–water partition coefficient (Wildman–Crippen LogP) is 0.162. The fourth-order valence-electron chi connectivity index (χ4n) is 2.18. The van der Waals surface area contributed by atoms with Gasteiger partial charge in [-0.15, -0.1) is 0 Å². The SMILES string of the molecule is Cc1ccc(S(=O)(=O)C(CO)OCCOCCOCCOCCOCCO)cc1. The van der Waals surface area contributed by atoms with E-state index in [2.05, 4.69) is 0 Å². The molecule has 1 aromatic carbocycles. The number of sulfone groups is 1. The summed E-state index contributed by atoms with van der Waals surface area (Å²) in [7, 11) is -3.77. The molecule has 0 aliphatic rings. The number of aliphatic hydroxyl groups excluding tert-OH is 2. The van der Waals surface area contributed by atoms with Crippen molar-refractivity contribution < 1.29 is 42.3 Å². The third-order valence-electron chi connectivity index (χ3n) is 3.73. The van der Waals surface area contributed by atoms with Crippen LogP contribution in [0.15, 0.2) is 29.2 Å². The van der Waals surface area contributed by atoms with Crippen molar-refractivity contribution in [2.24, 2.45) is 0 Å². The molecule has 0 bridgehead atoms. The van der Waals surface area contributed by atoms with E-state index in [0.29, 0.717) is 46.2 Å². The van der Waals surface area contributed by atoms with Crippen molar-refractivity contribution in [1.29, 1.82) is 0 Å². The van der Waals surface area contributed by atoms with Gasteiger partial charge >= 0.3 is 0 Å². The van der Waals surface area contributed by atoms with Crippen LogP contribution >= 0.6 is 0 Å². The van der Waals surface area contributed by atoms with Crippen LogP contribution in [0.1, 0.15) is 5.56 Å². The minimum atomic E-state index is -3.77. The molecule has 0 aliphatic carbocycles. The van der Waals surface area contributed by atoms with Crippen LogP contribution in [0.5, 0.6) is 0 Å². The zero-order chi connectivity index (χ0) is 21.4. The average Bonchev–Trinajstić information content (AvgIpc) is 2.71. The van der Waals surface area contributed by atoms with Crippen LogP contribution in [0, 0.1) is 6.92 Å². The molecule has 0 saturated carbocycles. The fraction of sp³-hybridized carbons (Fsp3) is 0.684. The van der Waals surface area contributed by atoms with Crippen LogP contribution < -0.4 is 0 Å². The Morgan fingerprint density at radius 1 is 0.759 bits per heavy atom. The molecule has 10 heteroatoms. The first-order valence-corrected chi connectivity index (χ1v) is 11.0. The summed E-state index contributed by atoms with van der Waals surface area (Å²) in [5, 5.41) is 17.9. The minimum absolute atomic E-state index is 0.00261. The van der Waals surface area contributed by atoms with Crippen LogP contribution in [0.25, 0.3) is 0 Å². The monoisotopic (exact) mass is 436 g/mol.